The predicted octanol–water partition coefficient (Wildman–Crippen LogP) is 0.409. The summed E-state index contributed by atoms with van der Waals surface area (Å²) in [6.07, 6.45) is -0.223. The van der Waals surface area contributed by atoms with Crippen LogP contribution in [0.15, 0.2) is 23.1 Å². The highest BCUT2D eigenvalue weighted by atomic mass is 32.2. The summed E-state index contributed by atoms with van der Waals surface area (Å²) in [7, 11) is -2.22. The minimum atomic E-state index is -3.67. The van der Waals surface area contributed by atoms with E-state index in [1.807, 2.05) is 0 Å². The lowest BCUT2D eigenvalue weighted by atomic mass is 10.2. The van der Waals surface area contributed by atoms with Crippen molar-refractivity contribution in [2.24, 2.45) is 0 Å². The third-order valence-electron chi connectivity index (χ3n) is 3.15. The summed E-state index contributed by atoms with van der Waals surface area (Å²) in [4.78, 5) is 11.3. The first-order valence-corrected chi connectivity index (χ1v) is 7.96. The standard InChI is InChI=1S/C13H18N2O5S/c1-9(16)5-6-15(2)21(18,19)10-3-4-12-11(7-10)14-13(17)8-20-12/h3-4,7,9,16H,5-6,8H2,1-2H3,(H,14,17). The number of aliphatic hydroxyl groups is 1. The van der Waals surface area contributed by atoms with Crippen LogP contribution in [-0.4, -0.2) is 50.0 Å². The molecule has 8 heteroatoms. The summed E-state index contributed by atoms with van der Waals surface area (Å²) in [5, 5.41) is 11.8. The first-order chi connectivity index (χ1) is 9.80. The molecule has 7 nitrogen and oxygen atoms in total. The summed E-state index contributed by atoms with van der Waals surface area (Å²) < 4.78 is 31.2. The van der Waals surface area contributed by atoms with E-state index in [9.17, 15) is 18.3 Å². The molecule has 1 amide bonds. The van der Waals surface area contributed by atoms with Gasteiger partial charge in [-0.05, 0) is 31.5 Å². The van der Waals surface area contributed by atoms with Gasteiger partial charge in [-0.2, -0.15) is 0 Å². The molecule has 1 aromatic rings. The predicted molar refractivity (Wildman–Crippen MR) is 76.7 cm³/mol. The average molecular weight is 314 g/mol. The molecule has 0 radical (unpaired) electrons. The maximum Gasteiger partial charge on any atom is 0.262 e. The van der Waals surface area contributed by atoms with E-state index in [0.717, 1.165) is 0 Å². The molecular weight excluding hydrogens is 296 g/mol. The molecule has 0 bridgehead atoms. The zero-order valence-corrected chi connectivity index (χ0v) is 12.7. The van der Waals surface area contributed by atoms with Crippen LogP contribution in [0.1, 0.15) is 13.3 Å². The van der Waals surface area contributed by atoms with Crippen LogP contribution < -0.4 is 10.1 Å². The van der Waals surface area contributed by atoms with Crippen LogP contribution in [0, 0.1) is 0 Å². The van der Waals surface area contributed by atoms with Gasteiger partial charge in [0, 0.05) is 13.6 Å². The molecule has 1 aliphatic rings. The fourth-order valence-electron chi connectivity index (χ4n) is 1.89. The number of ether oxygens (including phenoxy) is 1. The fourth-order valence-corrected chi connectivity index (χ4v) is 3.10. The van der Waals surface area contributed by atoms with Gasteiger partial charge in [0.05, 0.1) is 16.7 Å². The van der Waals surface area contributed by atoms with Gasteiger partial charge in [-0.3, -0.25) is 4.79 Å². The van der Waals surface area contributed by atoms with E-state index in [4.69, 9.17) is 4.74 Å². The first kappa shape index (κ1) is 15.7. The fraction of sp³-hybridized carbons (Fsp3) is 0.462. The minimum Gasteiger partial charge on any atom is -0.482 e. The van der Waals surface area contributed by atoms with Crippen LogP contribution >= 0.6 is 0 Å². The second-order valence-corrected chi connectivity index (χ2v) is 7.00. The molecule has 0 spiro atoms. The Morgan fingerprint density at radius 3 is 2.86 bits per heavy atom. The van der Waals surface area contributed by atoms with Crippen LogP contribution in [0.25, 0.3) is 0 Å². The van der Waals surface area contributed by atoms with E-state index in [1.165, 1.54) is 29.6 Å². The number of nitrogens with one attached hydrogen (secondary N) is 1. The maximum absolute atomic E-state index is 12.4. The van der Waals surface area contributed by atoms with E-state index in [1.54, 1.807) is 6.92 Å². The van der Waals surface area contributed by atoms with Crippen molar-refractivity contribution in [2.75, 3.05) is 25.5 Å². The van der Waals surface area contributed by atoms with Gasteiger partial charge < -0.3 is 15.2 Å². The Bertz CT molecular complexity index is 642. The zero-order chi connectivity index (χ0) is 15.6. The smallest absolute Gasteiger partial charge is 0.262 e. The number of fused-ring (bicyclic) bond motifs is 1. The number of aliphatic hydroxyl groups excluding tert-OH is 1. The largest absolute Gasteiger partial charge is 0.482 e. The minimum absolute atomic E-state index is 0.0696. The van der Waals surface area contributed by atoms with Gasteiger partial charge in [-0.1, -0.05) is 0 Å². The number of carbonyl (C=O) groups is 1. The summed E-state index contributed by atoms with van der Waals surface area (Å²) in [6, 6.07) is 4.33. The maximum atomic E-state index is 12.4. The Labute approximate surface area is 123 Å². The van der Waals surface area contributed by atoms with Crippen LogP contribution in [0.3, 0.4) is 0 Å². The molecule has 0 saturated carbocycles. The molecule has 0 saturated heterocycles. The molecule has 2 N–H and O–H groups in total. The SMILES string of the molecule is CC(O)CCN(C)S(=O)(=O)c1ccc2c(c1)NC(=O)CO2. The quantitative estimate of drug-likeness (QED) is 0.820. The Kier molecular flexibility index (Phi) is 4.50. The number of carbonyl (C=O) groups excluding carboxylic acids is 1. The number of benzene rings is 1. The monoisotopic (exact) mass is 314 g/mol. The first-order valence-electron chi connectivity index (χ1n) is 6.52. The Morgan fingerprint density at radius 2 is 2.19 bits per heavy atom. The van der Waals surface area contributed by atoms with Gasteiger partial charge in [-0.15, -0.1) is 0 Å². The third kappa shape index (κ3) is 3.52. The molecule has 1 heterocycles. The normalized spacial score (nSPS) is 16.1. The Hall–Kier alpha value is -1.64. The van der Waals surface area contributed by atoms with Crippen LogP contribution in [0.2, 0.25) is 0 Å². The lowest BCUT2D eigenvalue weighted by Crippen LogP contribution is -2.30. The molecular formula is C13H18N2O5S. The van der Waals surface area contributed by atoms with E-state index in [0.29, 0.717) is 17.9 Å². The molecule has 1 atom stereocenters. The molecule has 0 fully saturated rings. The van der Waals surface area contributed by atoms with Gasteiger partial charge >= 0.3 is 0 Å². The van der Waals surface area contributed by atoms with Crippen molar-refractivity contribution >= 4 is 21.6 Å². The molecule has 1 aliphatic heterocycles. The van der Waals surface area contributed by atoms with Gasteiger partial charge in [-0.25, -0.2) is 12.7 Å². The van der Waals surface area contributed by atoms with Crippen molar-refractivity contribution < 1.29 is 23.1 Å². The van der Waals surface area contributed by atoms with Crippen molar-refractivity contribution in [3.05, 3.63) is 18.2 Å². The van der Waals surface area contributed by atoms with Gasteiger partial charge in [0.15, 0.2) is 6.61 Å². The Balaban J connectivity index is 2.24. The number of sulfonamides is 1. The third-order valence-corrected chi connectivity index (χ3v) is 5.01. The van der Waals surface area contributed by atoms with Crippen molar-refractivity contribution in [2.45, 2.75) is 24.3 Å². The van der Waals surface area contributed by atoms with Crippen molar-refractivity contribution in [3.63, 3.8) is 0 Å². The zero-order valence-electron chi connectivity index (χ0n) is 11.9. The lowest BCUT2D eigenvalue weighted by molar-refractivity contribution is -0.118. The highest BCUT2D eigenvalue weighted by molar-refractivity contribution is 7.89. The molecule has 0 aliphatic carbocycles. The number of hydrogen-bond donors (Lipinski definition) is 2. The highest BCUT2D eigenvalue weighted by Gasteiger charge is 2.24. The number of anilines is 1. The molecule has 0 aromatic heterocycles. The van der Waals surface area contributed by atoms with Crippen LogP contribution in [-0.2, 0) is 14.8 Å². The van der Waals surface area contributed by atoms with Crippen LogP contribution in [0.4, 0.5) is 5.69 Å². The number of hydrogen-bond acceptors (Lipinski definition) is 5. The summed E-state index contributed by atoms with van der Waals surface area (Å²) >= 11 is 0. The number of nitrogens with zero attached hydrogens (tertiary/aromatic N) is 1. The second-order valence-electron chi connectivity index (χ2n) is 4.96. The van der Waals surface area contributed by atoms with Crippen LogP contribution in [0.5, 0.6) is 5.75 Å². The Morgan fingerprint density at radius 1 is 1.48 bits per heavy atom. The average Bonchev–Trinajstić information content (AvgIpc) is 2.43. The van der Waals surface area contributed by atoms with E-state index in [2.05, 4.69) is 5.32 Å². The molecule has 2 rings (SSSR count). The van der Waals surface area contributed by atoms with E-state index < -0.39 is 16.1 Å². The van der Waals surface area contributed by atoms with Crippen molar-refractivity contribution in [3.8, 4) is 5.75 Å². The van der Waals surface area contributed by atoms with Gasteiger partial charge in [0.1, 0.15) is 5.75 Å². The number of rotatable bonds is 5. The molecule has 21 heavy (non-hydrogen) atoms. The summed E-state index contributed by atoms with van der Waals surface area (Å²) in [5.74, 6) is 0.125. The summed E-state index contributed by atoms with van der Waals surface area (Å²) in [5.41, 5.74) is 0.344. The van der Waals surface area contributed by atoms with Crippen molar-refractivity contribution in [1.82, 2.24) is 4.31 Å². The van der Waals surface area contributed by atoms with E-state index >= 15 is 0 Å². The van der Waals surface area contributed by atoms with E-state index in [-0.39, 0.29) is 24.0 Å². The number of amides is 1. The molecule has 1 aromatic carbocycles. The summed E-state index contributed by atoms with van der Waals surface area (Å²) in [6.45, 7) is 1.74. The molecule has 1 unspecified atom stereocenters. The molecule has 116 valence electrons. The second kappa shape index (κ2) is 6.00. The highest BCUT2D eigenvalue weighted by Crippen LogP contribution is 2.30. The topological polar surface area (TPSA) is 95.9 Å². The van der Waals surface area contributed by atoms with Gasteiger partial charge in [0.25, 0.3) is 5.91 Å². The van der Waals surface area contributed by atoms with Crippen molar-refractivity contribution in [1.29, 1.82) is 0 Å². The van der Waals surface area contributed by atoms with Gasteiger partial charge in [0.2, 0.25) is 10.0 Å². The lowest BCUT2D eigenvalue weighted by Gasteiger charge is -2.21.